The van der Waals surface area contributed by atoms with Crippen LogP contribution in [0.5, 0.6) is 11.5 Å². The number of hydrogen-bond acceptors (Lipinski definition) is 4. The molecule has 0 aliphatic carbocycles. The Bertz CT molecular complexity index is 1340. The van der Waals surface area contributed by atoms with E-state index in [1.165, 1.54) is 64.2 Å². The molecule has 0 bridgehead atoms. The van der Waals surface area contributed by atoms with Crippen LogP contribution in [0.2, 0.25) is 0 Å². The van der Waals surface area contributed by atoms with E-state index in [2.05, 4.69) is 13.8 Å². The Morgan fingerprint density at radius 1 is 0.391 bits per heavy atom. The van der Waals surface area contributed by atoms with Gasteiger partial charge in [-0.05, 0) is 59.4 Å². The molecular formula is C42H50O4. The first kappa shape index (κ1) is 34.7. The SMILES string of the molecule is CCCCCCCCOc1ccc(-c2ccc(C(=O)C(=O)c3ccc(-c4ccc(OCCCCCCCC)cc4)cc3)cc2)cc1. The molecule has 0 atom stereocenters. The first-order valence-electron chi connectivity index (χ1n) is 17.3. The molecule has 4 aromatic rings. The summed E-state index contributed by atoms with van der Waals surface area (Å²) in [6, 6.07) is 30.5. The maximum Gasteiger partial charge on any atom is 0.233 e. The zero-order valence-electron chi connectivity index (χ0n) is 27.8. The van der Waals surface area contributed by atoms with Crippen LogP contribution in [-0.2, 0) is 0 Å². The van der Waals surface area contributed by atoms with Gasteiger partial charge in [-0.25, -0.2) is 0 Å². The topological polar surface area (TPSA) is 52.6 Å². The Labute approximate surface area is 276 Å². The predicted molar refractivity (Wildman–Crippen MR) is 190 cm³/mol. The monoisotopic (exact) mass is 618 g/mol. The van der Waals surface area contributed by atoms with Crippen molar-refractivity contribution < 1.29 is 19.1 Å². The summed E-state index contributed by atoms with van der Waals surface area (Å²) < 4.78 is 11.8. The Hall–Kier alpha value is -4.18. The molecular weight excluding hydrogens is 568 g/mol. The lowest BCUT2D eigenvalue weighted by molar-refractivity contribution is 0.0817. The van der Waals surface area contributed by atoms with Crippen LogP contribution in [0.4, 0.5) is 0 Å². The summed E-state index contributed by atoms with van der Waals surface area (Å²) in [7, 11) is 0. The molecule has 0 saturated heterocycles. The molecule has 0 spiro atoms. The van der Waals surface area contributed by atoms with Crippen molar-refractivity contribution in [2.45, 2.75) is 90.9 Å². The molecule has 0 fully saturated rings. The van der Waals surface area contributed by atoms with Crippen LogP contribution in [0.25, 0.3) is 22.3 Å². The van der Waals surface area contributed by atoms with E-state index in [0.717, 1.165) is 59.8 Å². The number of hydrogen-bond donors (Lipinski definition) is 0. The molecule has 4 rings (SSSR count). The Kier molecular flexibility index (Phi) is 14.6. The Balaban J connectivity index is 1.24. The maximum absolute atomic E-state index is 13.0. The lowest BCUT2D eigenvalue weighted by atomic mass is 9.97. The minimum atomic E-state index is -0.510. The summed E-state index contributed by atoms with van der Waals surface area (Å²) >= 11 is 0. The van der Waals surface area contributed by atoms with Crippen LogP contribution in [0.3, 0.4) is 0 Å². The number of carbonyl (C=O) groups excluding carboxylic acids is 2. The number of benzene rings is 4. The predicted octanol–water partition coefficient (Wildman–Crippen LogP) is 11.6. The third kappa shape index (κ3) is 11.0. The van der Waals surface area contributed by atoms with Gasteiger partial charge in [-0.1, -0.05) is 151 Å². The van der Waals surface area contributed by atoms with Crippen molar-refractivity contribution in [2.75, 3.05) is 13.2 Å². The van der Waals surface area contributed by atoms with Crippen molar-refractivity contribution in [1.29, 1.82) is 0 Å². The van der Waals surface area contributed by atoms with Crippen LogP contribution in [0, 0.1) is 0 Å². The summed E-state index contributed by atoms with van der Waals surface area (Å²) in [6.45, 7) is 5.94. The molecule has 0 heterocycles. The van der Waals surface area contributed by atoms with Gasteiger partial charge in [0, 0.05) is 11.1 Å². The van der Waals surface area contributed by atoms with Gasteiger partial charge >= 0.3 is 0 Å². The van der Waals surface area contributed by atoms with Crippen LogP contribution in [-0.4, -0.2) is 24.8 Å². The third-order valence-electron chi connectivity index (χ3n) is 8.41. The molecule has 0 radical (unpaired) electrons. The normalized spacial score (nSPS) is 10.9. The highest BCUT2D eigenvalue weighted by atomic mass is 16.5. The van der Waals surface area contributed by atoms with Crippen LogP contribution >= 0.6 is 0 Å². The second-order valence-corrected chi connectivity index (χ2v) is 12.1. The molecule has 0 saturated carbocycles. The van der Waals surface area contributed by atoms with Gasteiger partial charge in [0.05, 0.1) is 13.2 Å². The highest BCUT2D eigenvalue weighted by molar-refractivity contribution is 6.49. The standard InChI is InChI=1S/C42H50O4/c1-3-5-7-9-11-13-31-45-39-27-23-35(24-28-39)33-15-19-37(20-16-33)41(43)42(44)38-21-17-34(18-22-38)36-25-29-40(30-26-36)46-32-14-12-10-8-6-4-2/h15-30H,3-14,31-32H2,1-2H3. The number of Topliss-reactive ketones (excluding diaryl/α,β-unsaturated/α-hetero) is 2. The van der Waals surface area contributed by atoms with E-state index in [9.17, 15) is 9.59 Å². The zero-order chi connectivity index (χ0) is 32.4. The van der Waals surface area contributed by atoms with Crippen molar-refractivity contribution in [1.82, 2.24) is 0 Å². The minimum absolute atomic E-state index is 0.383. The summed E-state index contributed by atoms with van der Waals surface area (Å²) in [5.41, 5.74) is 4.79. The van der Waals surface area contributed by atoms with Gasteiger partial charge < -0.3 is 9.47 Å². The third-order valence-corrected chi connectivity index (χ3v) is 8.41. The van der Waals surface area contributed by atoms with E-state index in [1.807, 2.05) is 72.8 Å². The molecule has 46 heavy (non-hydrogen) atoms. The summed E-state index contributed by atoms with van der Waals surface area (Å²) in [6.07, 6.45) is 14.9. The highest BCUT2D eigenvalue weighted by Crippen LogP contribution is 2.25. The first-order valence-corrected chi connectivity index (χ1v) is 17.3. The molecule has 242 valence electrons. The van der Waals surface area contributed by atoms with Crippen LogP contribution < -0.4 is 9.47 Å². The number of carbonyl (C=O) groups is 2. The van der Waals surface area contributed by atoms with Gasteiger partial charge in [0.1, 0.15) is 11.5 Å². The second kappa shape index (κ2) is 19.4. The average Bonchev–Trinajstić information content (AvgIpc) is 3.11. The summed E-state index contributed by atoms with van der Waals surface area (Å²) in [4.78, 5) is 26.0. The molecule has 0 aliphatic heterocycles. The van der Waals surface area contributed by atoms with Crippen molar-refractivity contribution in [2.24, 2.45) is 0 Å². The van der Waals surface area contributed by atoms with Gasteiger partial charge in [-0.2, -0.15) is 0 Å². The second-order valence-electron chi connectivity index (χ2n) is 12.1. The molecule has 0 aromatic heterocycles. The number of rotatable bonds is 21. The Morgan fingerprint density at radius 2 is 0.674 bits per heavy atom. The number of ketones is 2. The highest BCUT2D eigenvalue weighted by Gasteiger charge is 2.18. The van der Waals surface area contributed by atoms with Crippen molar-refractivity contribution in [3.8, 4) is 33.8 Å². The molecule has 0 aliphatic rings. The number of ether oxygens (including phenoxy) is 2. The summed E-state index contributed by atoms with van der Waals surface area (Å²) in [5, 5.41) is 0. The minimum Gasteiger partial charge on any atom is -0.494 e. The van der Waals surface area contributed by atoms with Crippen molar-refractivity contribution >= 4 is 11.6 Å². The fraction of sp³-hybridized carbons (Fsp3) is 0.381. The molecule has 0 unspecified atom stereocenters. The fourth-order valence-electron chi connectivity index (χ4n) is 5.52. The van der Waals surface area contributed by atoms with E-state index in [1.54, 1.807) is 24.3 Å². The van der Waals surface area contributed by atoms with E-state index in [-0.39, 0.29) is 0 Å². The van der Waals surface area contributed by atoms with Gasteiger partial charge in [0.15, 0.2) is 0 Å². The largest absolute Gasteiger partial charge is 0.494 e. The molecule has 0 amide bonds. The Morgan fingerprint density at radius 3 is 1.00 bits per heavy atom. The van der Waals surface area contributed by atoms with Crippen molar-refractivity contribution in [3.63, 3.8) is 0 Å². The van der Waals surface area contributed by atoms with Gasteiger partial charge in [0.2, 0.25) is 11.6 Å². The van der Waals surface area contributed by atoms with E-state index in [0.29, 0.717) is 11.1 Å². The van der Waals surface area contributed by atoms with Gasteiger partial charge in [-0.15, -0.1) is 0 Å². The average molecular weight is 619 g/mol. The van der Waals surface area contributed by atoms with Gasteiger partial charge in [0.25, 0.3) is 0 Å². The molecule has 4 aromatic carbocycles. The van der Waals surface area contributed by atoms with Crippen molar-refractivity contribution in [3.05, 3.63) is 108 Å². The smallest absolute Gasteiger partial charge is 0.233 e. The molecule has 4 heteroatoms. The van der Waals surface area contributed by atoms with E-state index < -0.39 is 11.6 Å². The van der Waals surface area contributed by atoms with E-state index in [4.69, 9.17) is 9.47 Å². The van der Waals surface area contributed by atoms with Crippen LogP contribution in [0.1, 0.15) is 112 Å². The zero-order valence-corrected chi connectivity index (χ0v) is 27.8. The quantitative estimate of drug-likeness (QED) is 0.0529. The van der Waals surface area contributed by atoms with Crippen LogP contribution in [0.15, 0.2) is 97.1 Å². The maximum atomic E-state index is 13.0. The number of unbranched alkanes of at least 4 members (excludes halogenated alkanes) is 10. The van der Waals surface area contributed by atoms with E-state index >= 15 is 0 Å². The lowest BCUT2D eigenvalue weighted by Crippen LogP contribution is -2.14. The first-order chi connectivity index (χ1) is 22.6. The lowest BCUT2D eigenvalue weighted by Gasteiger charge is -2.09. The van der Waals surface area contributed by atoms with Gasteiger partial charge in [-0.3, -0.25) is 9.59 Å². The fourth-order valence-corrected chi connectivity index (χ4v) is 5.52. The molecule has 4 nitrogen and oxygen atoms in total. The summed E-state index contributed by atoms with van der Waals surface area (Å²) in [5.74, 6) is 0.713. The molecule has 0 N–H and O–H groups in total.